The Labute approximate surface area is 119 Å². The summed E-state index contributed by atoms with van der Waals surface area (Å²) in [5, 5.41) is 0. The Morgan fingerprint density at radius 3 is 2.90 bits per heavy atom. The Bertz CT molecular complexity index is 612. The summed E-state index contributed by atoms with van der Waals surface area (Å²) >= 11 is 0. The molecule has 0 fully saturated rings. The van der Waals surface area contributed by atoms with Crippen LogP contribution in [0, 0.1) is 18.8 Å². The third-order valence-corrected chi connectivity index (χ3v) is 2.91. The molecule has 0 aliphatic carbocycles. The van der Waals surface area contributed by atoms with Crippen LogP contribution >= 0.6 is 0 Å². The van der Waals surface area contributed by atoms with E-state index >= 15 is 0 Å². The molecule has 2 N–H and O–H groups in total. The molecule has 20 heavy (non-hydrogen) atoms. The number of rotatable bonds is 4. The monoisotopic (exact) mass is 266 g/mol. The highest BCUT2D eigenvalue weighted by Crippen LogP contribution is 2.16. The van der Waals surface area contributed by atoms with Gasteiger partial charge in [0.2, 0.25) is 0 Å². The predicted molar refractivity (Wildman–Crippen MR) is 80.5 cm³/mol. The van der Waals surface area contributed by atoms with Crippen LogP contribution in [0.3, 0.4) is 0 Å². The zero-order valence-electron chi connectivity index (χ0n) is 11.6. The summed E-state index contributed by atoms with van der Waals surface area (Å²) in [6, 6.07) is 9.90. The van der Waals surface area contributed by atoms with Gasteiger partial charge in [0.1, 0.15) is 5.75 Å². The molecule has 2 aromatic rings. The minimum absolute atomic E-state index is 0.378. The number of nitrogens with two attached hydrogens (primary N) is 1. The largest absolute Gasteiger partial charge is 0.493 e. The van der Waals surface area contributed by atoms with Crippen molar-refractivity contribution in [3.8, 4) is 17.6 Å². The van der Waals surface area contributed by atoms with Crippen molar-refractivity contribution in [1.29, 1.82) is 0 Å². The second kappa shape index (κ2) is 7.32. The molecule has 1 aromatic carbocycles. The molecule has 0 bridgehead atoms. The lowest BCUT2D eigenvalue weighted by atomic mass is 10.1. The average Bonchev–Trinajstić information content (AvgIpc) is 2.47. The molecule has 0 unspecified atom stereocenters. The molecule has 1 heterocycles. The smallest absolute Gasteiger partial charge is 0.119 e. The fourth-order valence-corrected chi connectivity index (χ4v) is 1.85. The summed E-state index contributed by atoms with van der Waals surface area (Å²) < 4.78 is 5.75. The molecular formula is C17H18N2O. The number of benzene rings is 1. The first-order chi connectivity index (χ1) is 9.79. The molecule has 0 radical (unpaired) electrons. The second-order valence-electron chi connectivity index (χ2n) is 4.44. The van der Waals surface area contributed by atoms with Gasteiger partial charge in [-0.1, -0.05) is 17.9 Å². The molecule has 2 rings (SSSR count). The molecule has 3 heteroatoms. The van der Waals surface area contributed by atoms with Gasteiger partial charge in [-0.05, 0) is 42.3 Å². The van der Waals surface area contributed by atoms with Gasteiger partial charge in [-0.3, -0.25) is 4.98 Å². The molecule has 1 aromatic heterocycles. The van der Waals surface area contributed by atoms with Gasteiger partial charge in [-0.25, -0.2) is 0 Å². The molecule has 0 saturated heterocycles. The fraction of sp³-hybridized carbons (Fsp3) is 0.235. The summed E-state index contributed by atoms with van der Waals surface area (Å²) in [7, 11) is 0. The molecule has 0 aliphatic heterocycles. The normalized spacial score (nSPS) is 9.70. The minimum atomic E-state index is 0.378. The molecule has 102 valence electrons. The van der Waals surface area contributed by atoms with E-state index in [0.29, 0.717) is 13.2 Å². The van der Waals surface area contributed by atoms with Crippen LogP contribution in [0.5, 0.6) is 5.75 Å². The van der Waals surface area contributed by atoms with E-state index < -0.39 is 0 Å². The van der Waals surface area contributed by atoms with E-state index in [-0.39, 0.29) is 0 Å². The quantitative estimate of drug-likeness (QED) is 0.864. The summed E-state index contributed by atoms with van der Waals surface area (Å²) in [6.45, 7) is 3.04. The summed E-state index contributed by atoms with van der Waals surface area (Å²) in [5.74, 6) is 6.77. The van der Waals surface area contributed by atoms with Crippen molar-refractivity contribution in [2.24, 2.45) is 5.73 Å². The van der Waals surface area contributed by atoms with Crippen molar-refractivity contribution in [2.45, 2.75) is 13.3 Å². The highest BCUT2D eigenvalue weighted by atomic mass is 16.5. The highest BCUT2D eigenvalue weighted by molar-refractivity contribution is 5.44. The van der Waals surface area contributed by atoms with Crippen LogP contribution in [-0.4, -0.2) is 18.1 Å². The number of hydrogen-bond acceptors (Lipinski definition) is 3. The molecule has 3 nitrogen and oxygen atoms in total. The van der Waals surface area contributed by atoms with Gasteiger partial charge >= 0.3 is 0 Å². The number of pyridine rings is 1. The van der Waals surface area contributed by atoms with Crippen LogP contribution in [0.15, 0.2) is 42.7 Å². The van der Waals surface area contributed by atoms with E-state index in [1.807, 2.05) is 43.5 Å². The number of ether oxygens (including phenoxy) is 1. The average molecular weight is 266 g/mol. The summed E-state index contributed by atoms with van der Waals surface area (Å²) in [4.78, 5) is 4.08. The van der Waals surface area contributed by atoms with Crippen LogP contribution in [0.2, 0.25) is 0 Å². The molecular weight excluding hydrogens is 248 g/mol. The van der Waals surface area contributed by atoms with Crippen molar-refractivity contribution >= 4 is 0 Å². The first kappa shape index (κ1) is 14.1. The van der Waals surface area contributed by atoms with Crippen LogP contribution < -0.4 is 10.5 Å². The van der Waals surface area contributed by atoms with Crippen molar-refractivity contribution in [2.75, 3.05) is 13.2 Å². The molecule has 0 saturated carbocycles. The maximum Gasteiger partial charge on any atom is 0.119 e. The van der Waals surface area contributed by atoms with E-state index in [9.17, 15) is 0 Å². The molecule has 0 atom stereocenters. The second-order valence-corrected chi connectivity index (χ2v) is 4.44. The highest BCUT2D eigenvalue weighted by Gasteiger charge is 1.99. The van der Waals surface area contributed by atoms with Crippen molar-refractivity contribution < 1.29 is 4.74 Å². The van der Waals surface area contributed by atoms with Gasteiger partial charge in [0.25, 0.3) is 0 Å². The predicted octanol–water partition coefficient (Wildman–Crippen LogP) is 2.32. The van der Waals surface area contributed by atoms with E-state index in [1.165, 1.54) is 5.56 Å². The van der Waals surface area contributed by atoms with E-state index in [1.54, 1.807) is 6.20 Å². The zero-order chi connectivity index (χ0) is 14.2. The van der Waals surface area contributed by atoms with Gasteiger partial charge in [0.15, 0.2) is 0 Å². The third kappa shape index (κ3) is 4.11. The van der Waals surface area contributed by atoms with Crippen LogP contribution in [0.1, 0.15) is 16.7 Å². The number of nitrogens with zero attached hydrogens (tertiary/aromatic N) is 1. The van der Waals surface area contributed by atoms with Crippen molar-refractivity contribution in [1.82, 2.24) is 4.98 Å². The lowest BCUT2D eigenvalue weighted by Gasteiger charge is -2.08. The fourth-order valence-electron chi connectivity index (χ4n) is 1.85. The Hall–Kier alpha value is -2.31. The van der Waals surface area contributed by atoms with Gasteiger partial charge < -0.3 is 10.5 Å². The maximum absolute atomic E-state index is 5.75. The molecule has 0 amide bonds. The Morgan fingerprint density at radius 1 is 1.30 bits per heavy atom. The summed E-state index contributed by atoms with van der Waals surface area (Å²) in [5.41, 5.74) is 8.65. The van der Waals surface area contributed by atoms with Gasteiger partial charge in [-0.15, -0.1) is 0 Å². The van der Waals surface area contributed by atoms with Crippen LogP contribution in [-0.2, 0) is 6.42 Å². The first-order valence-corrected chi connectivity index (χ1v) is 6.61. The van der Waals surface area contributed by atoms with E-state index in [4.69, 9.17) is 10.5 Å². The number of aryl methyl sites for hydroxylation is 1. The van der Waals surface area contributed by atoms with Gasteiger partial charge in [0.05, 0.1) is 13.2 Å². The Balaban J connectivity index is 1.92. The molecule has 0 spiro atoms. The number of hydrogen-bond donors (Lipinski definition) is 1. The van der Waals surface area contributed by atoms with Gasteiger partial charge in [-0.2, -0.15) is 0 Å². The third-order valence-electron chi connectivity index (χ3n) is 2.91. The lowest BCUT2D eigenvalue weighted by Crippen LogP contribution is -2.02. The topological polar surface area (TPSA) is 48.1 Å². The van der Waals surface area contributed by atoms with Crippen LogP contribution in [0.4, 0.5) is 0 Å². The minimum Gasteiger partial charge on any atom is -0.493 e. The SMILES string of the molecule is Cc1cc(OCCc2cccnc2)ccc1C#CCN. The maximum atomic E-state index is 5.75. The standard InChI is InChI=1S/C17H18N2O/c1-14-12-17(7-6-16(14)5-2-9-18)20-11-8-15-4-3-10-19-13-15/h3-4,6-7,10,12-13H,8-9,11,18H2,1H3. The van der Waals surface area contributed by atoms with Crippen molar-refractivity contribution in [3.63, 3.8) is 0 Å². The van der Waals surface area contributed by atoms with Crippen LogP contribution in [0.25, 0.3) is 0 Å². The first-order valence-electron chi connectivity index (χ1n) is 6.61. The van der Waals surface area contributed by atoms with Gasteiger partial charge in [0, 0.05) is 24.4 Å². The zero-order valence-corrected chi connectivity index (χ0v) is 11.6. The Kier molecular flexibility index (Phi) is 5.16. The summed E-state index contributed by atoms with van der Waals surface area (Å²) in [6.07, 6.45) is 4.48. The van der Waals surface area contributed by atoms with E-state index in [0.717, 1.165) is 23.3 Å². The number of aromatic nitrogens is 1. The Morgan fingerprint density at radius 2 is 2.20 bits per heavy atom. The lowest BCUT2D eigenvalue weighted by molar-refractivity contribution is 0.321. The molecule has 0 aliphatic rings. The van der Waals surface area contributed by atoms with Crippen molar-refractivity contribution in [3.05, 3.63) is 59.4 Å². The van der Waals surface area contributed by atoms with E-state index in [2.05, 4.69) is 16.8 Å².